The monoisotopic (exact) mass is 549 g/mol. The van der Waals surface area contributed by atoms with Crippen molar-refractivity contribution >= 4 is 34.3 Å². The molecule has 0 aliphatic heterocycles. The molecule has 2 amide bonds. The van der Waals surface area contributed by atoms with Gasteiger partial charge in [0.25, 0.3) is 5.91 Å². The fraction of sp³-hybridized carbons (Fsp3) is 0.129. The lowest BCUT2D eigenvalue weighted by Gasteiger charge is -2.13. The van der Waals surface area contributed by atoms with Gasteiger partial charge in [-0.2, -0.15) is 0 Å². The van der Waals surface area contributed by atoms with E-state index >= 15 is 0 Å². The molecule has 3 N–H and O–H groups in total. The fourth-order valence-electron chi connectivity index (χ4n) is 4.32. The first kappa shape index (κ1) is 27.1. The zero-order valence-electron chi connectivity index (χ0n) is 22.4. The van der Waals surface area contributed by atoms with Crippen molar-refractivity contribution in [2.24, 2.45) is 0 Å². The Morgan fingerprint density at radius 1 is 0.878 bits per heavy atom. The maximum atomic E-state index is 12.8. The Hall–Kier alpha value is -5.51. The van der Waals surface area contributed by atoms with Crippen molar-refractivity contribution in [1.82, 2.24) is 15.0 Å². The van der Waals surface area contributed by atoms with E-state index in [9.17, 15) is 9.59 Å². The van der Waals surface area contributed by atoms with Crippen molar-refractivity contribution in [3.05, 3.63) is 102 Å². The topological polar surface area (TPSA) is 136 Å². The summed E-state index contributed by atoms with van der Waals surface area (Å²) in [5, 5.41) is 14.9. The Balaban J connectivity index is 1.27. The molecule has 3 aromatic carbocycles. The molecular formula is C31H27N5O5. The molecule has 41 heavy (non-hydrogen) atoms. The van der Waals surface area contributed by atoms with Gasteiger partial charge in [0.15, 0.2) is 0 Å². The van der Waals surface area contributed by atoms with Crippen LogP contribution in [0.4, 0.5) is 16.2 Å². The number of pyridine rings is 1. The summed E-state index contributed by atoms with van der Waals surface area (Å²) in [6.45, 7) is 2.32. The van der Waals surface area contributed by atoms with Gasteiger partial charge < -0.3 is 19.9 Å². The smallest absolute Gasteiger partial charge is 0.409 e. The Morgan fingerprint density at radius 3 is 2.32 bits per heavy atom. The number of nitrogens with one attached hydrogen (secondary N) is 2. The van der Waals surface area contributed by atoms with E-state index in [-0.39, 0.29) is 5.91 Å². The second-order valence-electron chi connectivity index (χ2n) is 9.14. The highest BCUT2D eigenvalue weighted by molar-refractivity contribution is 6.06. The van der Waals surface area contributed by atoms with E-state index in [0.29, 0.717) is 41.6 Å². The van der Waals surface area contributed by atoms with E-state index in [0.717, 1.165) is 33.3 Å². The number of nitrogens with zero attached hydrogens (tertiary/aromatic N) is 3. The van der Waals surface area contributed by atoms with Crippen LogP contribution in [0, 0.1) is 6.92 Å². The van der Waals surface area contributed by atoms with Gasteiger partial charge in [0.1, 0.15) is 17.6 Å². The van der Waals surface area contributed by atoms with E-state index in [1.54, 1.807) is 49.7 Å². The van der Waals surface area contributed by atoms with Crippen LogP contribution in [0.3, 0.4) is 0 Å². The number of aryl methyl sites for hydroxylation is 1. The standard InChI is InChI=1S/C31H27N5O5/c1-19-24-15-23(22-11-12-28(40-2)32-17-22)16-27(29(24)34-18-33-19)41-14-13-20-7-9-21(10-8-20)30(37)35-25-5-3-4-6-26(25)36-31(38)39/h3-12,15-18,36H,13-14H2,1-2H3,(H,35,37)(H,38,39). The highest BCUT2D eigenvalue weighted by Crippen LogP contribution is 2.33. The van der Waals surface area contributed by atoms with Gasteiger partial charge in [-0.25, -0.2) is 19.7 Å². The first-order chi connectivity index (χ1) is 19.9. The van der Waals surface area contributed by atoms with Gasteiger partial charge in [-0.05, 0) is 60.5 Å². The van der Waals surface area contributed by atoms with Crippen LogP contribution in [0.5, 0.6) is 11.6 Å². The minimum atomic E-state index is -1.21. The zero-order valence-corrected chi connectivity index (χ0v) is 22.4. The van der Waals surface area contributed by atoms with E-state index in [4.69, 9.17) is 14.6 Å². The Kier molecular flexibility index (Phi) is 8.00. The number of carboxylic acid groups (broad SMARTS) is 1. The highest BCUT2D eigenvalue weighted by atomic mass is 16.5. The van der Waals surface area contributed by atoms with Crippen LogP contribution in [0.2, 0.25) is 0 Å². The summed E-state index contributed by atoms with van der Waals surface area (Å²) in [6.07, 6.45) is 2.67. The largest absolute Gasteiger partial charge is 0.491 e. The van der Waals surface area contributed by atoms with Crippen molar-refractivity contribution in [3.8, 4) is 22.8 Å². The normalized spacial score (nSPS) is 10.7. The van der Waals surface area contributed by atoms with Gasteiger partial charge in [-0.1, -0.05) is 24.3 Å². The fourth-order valence-corrected chi connectivity index (χ4v) is 4.32. The SMILES string of the molecule is COc1ccc(-c2cc(OCCc3ccc(C(=O)Nc4ccccc4NC(=O)O)cc3)c3ncnc(C)c3c2)cn1. The van der Waals surface area contributed by atoms with Crippen molar-refractivity contribution in [1.29, 1.82) is 0 Å². The first-order valence-electron chi connectivity index (χ1n) is 12.8. The number of para-hydroxylation sites is 2. The van der Waals surface area contributed by atoms with Gasteiger partial charge >= 0.3 is 6.09 Å². The molecule has 2 aromatic heterocycles. The third-order valence-electron chi connectivity index (χ3n) is 6.46. The zero-order chi connectivity index (χ0) is 28.8. The summed E-state index contributed by atoms with van der Waals surface area (Å²) in [5.74, 6) is 0.830. The van der Waals surface area contributed by atoms with Crippen molar-refractivity contribution in [2.45, 2.75) is 13.3 Å². The molecule has 206 valence electrons. The summed E-state index contributed by atoms with van der Waals surface area (Å²) >= 11 is 0. The highest BCUT2D eigenvalue weighted by Gasteiger charge is 2.13. The average molecular weight is 550 g/mol. The number of rotatable bonds is 9. The molecule has 0 radical (unpaired) electrons. The predicted molar refractivity (Wildman–Crippen MR) is 156 cm³/mol. The lowest BCUT2D eigenvalue weighted by Crippen LogP contribution is -2.15. The average Bonchev–Trinajstić information content (AvgIpc) is 2.98. The number of aromatic nitrogens is 3. The first-order valence-corrected chi connectivity index (χ1v) is 12.8. The molecule has 0 saturated carbocycles. The second-order valence-corrected chi connectivity index (χ2v) is 9.14. The van der Waals surface area contributed by atoms with Gasteiger partial charge in [0.05, 0.1) is 25.1 Å². The molecule has 0 fully saturated rings. The molecule has 0 unspecified atom stereocenters. The number of methoxy groups -OCH3 is 1. The predicted octanol–water partition coefficient (Wildman–Crippen LogP) is 5.97. The van der Waals surface area contributed by atoms with Crippen LogP contribution in [0.1, 0.15) is 21.6 Å². The molecule has 0 spiro atoms. The van der Waals surface area contributed by atoms with Crippen LogP contribution >= 0.6 is 0 Å². The van der Waals surface area contributed by atoms with E-state index in [1.807, 2.05) is 43.3 Å². The second kappa shape index (κ2) is 12.1. The molecule has 0 aliphatic carbocycles. The number of carbonyl (C=O) groups is 2. The quantitative estimate of drug-likeness (QED) is 0.205. The number of hydrogen-bond donors (Lipinski definition) is 3. The minimum absolute atomic E-state index is 0.294. The number of carbonyl (C=O) groups excluding carboxylic acids is 1. The lowest BCUT2D eigenvalue weighted by molar-refractivity contribution is 0.102. The van der Waals surface area contributed by atoms with Crippen LogP contribution in [0.25, 0.3) is 22.0 Å². The summed E-state index contributed by atoms with van der Waals surface area (Å²) in [4.78, 5) is 36.9. The number of hydrogen-bond acceptors (Lipinski definition) is 7. The number of anilines is 2. The molecule has 10 nitrogen and oxygen atoms in total. The van der Waals surface area contributed by atoms with Gasteiger partial charge in [-0.3, -0.25) is 10.1 Å². The van der Waals surface area contributed by atoms with E-state index in [1.165, 1.54) is 6.33 Å². The summed E-state index contributed by atoms with van der Waals surface area (Å²) in [7, 11) is 1.58. The Labute approximate surface area is 236 Å². The number of ether oxygens (including phenoxy) is 2. The summed E-state index contributed by atoms with van der Waals surface area (Å²) in [6, 6.07) is 21.5. The molecular weight excluding hydrogens is 522 g/mol. The van der Waals surface area contributed by atoms with Crippen LogP contribution in [0.15, 0.2) is 85.3 Å². The van der Waals surface area contributed by atoms with Crippen LogP contribution < -0.4 is 20.1 Å². The molecule has 5 aromatic rings. The summed E-state index contributed by atoms with van der Waals surface area (Å²) < 4.78 is 11.4. The van der Waals surface area contributed by atoms with Gasteiger partial charge in [0, 0.05) is 40.9 Å². The minimum Gasteiger partial charge on any atom is -0.491 e. The van der Waals surface area contributed by atoms with Crippen LogP contribution in [-0.4, -0.2) is 45.8 Å². The molecule has 0 bridgehead atoms. The van der Waals surface area contributed by atoms with Crippen molar-refractivity contribution in [3.63, 3.8) is 0 Å². The summed E-state index contributed by atoms with van der Waals surface area (Å²) in [5.41, 5.74) is 5.51. The van der Waals surface area contributed by atoms with Gasteiger partial charge in [0.2, 0.25) is 5.88 Å². The van der Waals surface area contributed by atoms with Gasteiger partial charge in [-0.15, -0.1) is 0 Å². The molecule has 0 saturated heterocycles. The molecule has 5 rings (SSSR count). The van der Waals surface area contributed by atoms with E-state index in [2.05, 4.69) is 25.6 Å². The molecule has 10 heteroatoms. The molecule has 0 atom stereocenters. The Bertz CT molecular complexity index is 1710. The number of amides is 2. The number of benzene rings is 3. The lowest BCUT2D eigenvalue weighted by atomic mass is 10.0. The molecule has 2 heterocycles. The maximum Gasteiger partial charge on any atom is 0.409 e. The number of fused-ring (bicyclic) bond motifs is 1. The van der Waals surface area contributed by atoms with Crippen molar-refractivity contribution in [2.75, 3.05) is 24.4 Å². The Morgan fingerprint density at radius 2 is 1.63 bits per heavy atom. The van der Waals surface area contributed by atoms with Crippen molar-refractivity contribution < 1.29 is 24.2 Å². The maximum absolute atomic E-state index is 12.8. The third kappa shape index (κ3) is 6.39. The van der Waals surface area contributed by atoms with Crippen LogP contribution in [-0.2, 0) is 6.42 Å². The third-order valence-corrected chi connectivity index (χ3v) is 6.46. The molecule has 0 aliphatic rings. The van der Waals surface area contributed by atoms with E-state index < -0.39 is 6.09 Å².